The molecule has 2 aromatic carbocycles. The normalized spacial score (nSPS) is 21.5. The first-order chi connectivity index (χ1) is 14.6. The van der Waals surface area contributed by atoms with Gasteiger partial charge in [-0.25, -0.2) is 12.8 Å². The first-order valence-electron chi connectivity index (χ1n) is 9.97. The molecular formula is C22H24FN3O3S2. The van der Waals surface area contributed by atoms with Crippen molar-refractivity contribution in [2.45, 2.75) is 32.1 Å². The van der Waals surface area contributed by atoms with E-state index in [1.54, 1.807) is 17.0 Å². The Balaban J connectivity index is 1.59. The van der Waals surface area contributed by atoms with Gasteiger partial charge in [0.25, 0.3) is 0 Å². The molecule has 4 rings (SSSR count). The number of hydrogen-bond acceptors (Lipinski definition) is 6. The molecule has 0 aliphatic carbocycles. The molecule has 1 N–H and O–H groups in total. The molecule has 1 amide bonds. The number of amides is 1. The molecule has 2 atom stereocenters. The second-order valence-corrected chi connectivity index (χ2v) is 11.5. The van der Waals surface area contributed by atoms with Gasteiger partial charge in [0.15, 0.2) is 15.0 Å². The van der Waals surface area contributed by atoms with Gasteiger partial charge in [0.2, 0.25) is 5.91 Å². The number of amidine groups is 1. The van der Waals surface area contributed by atoms with Gasteiger partial charge in [-0.1, -0.05) is 29.5 Å². The highest BCUT2D eigenvalue weighted by atomic mass is 32.2. The second kappa shape index (κ2) is 8.27. The number of benzene rings is 2. The molecule has 2 aliphatic rings. The number of sulfone groups is 1. The lowest BCUT2D eigenvalue weighted by Gasteiger charge is -2.24. The Morgan fingerprint density at radius 3 is 2.42 bits per heavy atom. The largest absolute Gasteiger partial charge is 0.324 e. The van der Waals surface area contributed by atoms with Crippen molar-refractivity contribution in [2.75, 3.05) is 28.3 Å². The van der Waals surface area contributed by atoms with E-state index < -0.39 is 9.84 Å². The number of thioether (sulfide) groups is 1. The predicted molar refractivity (Wildman–Crippen MR) is 124 cm³/mol. The molecule has 2 heterocycles. The summed E-state index contributed by atoms with van der Waals surface area (Å²) in [5.74, 6) is -0.490. The van der Waals surface area contributed by atoms with Gasteiger partial charge in [-0.3, -0.25) is 9.79 Å². The van der Waals surface area contributed by atoms with Crippen LogP contribution in [0, 0.1) is 26.6 Å². The first-order valence-corrected chi connectivity index (χ1v) is 12.7. The van der Waals surface area contributed by atoms with E-state index in [0.717, 1.165) is 22.4 Å². The number of aryl methyl sites for hydroxylation is 3. The highest BCUT2D eigenvalue weighted by molar-refractivity contribution is 8.15. The minimum Gasteiger partial charge on any atom is -0.324 e. The van der Waals surface area contributed by atoms with Crippen LogP contribution in [0.15, 0.2) is 41.4 Å². The van der Waals surface area contributed by atoms with Crippen LogP contribution in [0.5, 0.6) is 0 Å². The number of carbonyl (C=O) groups excluding carboxylic acids is 1. The summed E-state index contributed by atoms with van der Waals surface area (Å²) in [4.78, 5) is 19.3. The third-order valence-electron chi connectivity index (χ3n) is 5.42. The molecule has 2 aliphatic heterocycles. The highest BCUT2D eigenvalue weighted by Crippen LogP contribution is 2.37. The van der Waals surface area contributed by atoms with Crippen LogP contribution in [0.2, 0.25) is 0 Å². The summed E-state index contributed by atoms with van der Waals surface area (Å²) in [6, 6.07) is 9.58. The Morgan fingerprint density at radius 1 is 1.16 bits per heavy atom. The van der Waals surface area contributed by atoms with Gasteiger partial charge >= 0.3 is 0 Å². The Hall–Kier alpha value is -2.39. The maximum absolute atomic E-state index is 13.5. The zero-order valence-electron chi connectivity index (χ0n) is 17.6. The van der Waals surface area contributed by atoms with Crippen LogP contribution in [0.1, 0.15) is 16.7 Å². The van der Waals surface area contributed by atoms with Crippen molar-refractivity contribution in [2.24, 2.45) is 4.99 Å². The lowest BCUT2D eigenvalue weighted by atomic mass is 10.1. The number of carbonyl (C=O) groups is 1. The molecule has 1 fully saturated rings. The third-order valence-corrected chi connectivity index (χ3v) is 8.67. The predicted octanol–water partition coefficient (Wildman–Crippen LogP) is 3.46. The molecule has 0 spiro atoms. The Kier molecular flexibility index (Phi) is 5.83. The summed E-state index contributed by atoms with van der Waals surface area (Å²) in [5.41, 5.74) is 4.48. The van der Waals surface area contributed by atoms with E-state index in [-0.39, 0.29) is 41.1 Å². The van der Waals surface area contributed by atoms with E-state index in [4.69, 9.17) is 0 Å². The lowest BCUT2D eigenvalue weighted by molar-refractivity contribution is -0.114. The van der Waals surface area contributed by atoms with E-state index in [9.17, 15) is 17.6 Å². The van der Waals surface area contributed by atoms with Crippen molar-refractivity contribution in [1.29, 1.82) is 0 Å². The topological polar surface area (TPSA) is 78.8 Å². The van der Waals surface area contributed by atoms with Gasteiger partial charge in [-0.05, 0) is 56.2 Å². The SMILES string of the molecule is Cc1cc(C)c(NC(=O)CN(C2=N[C@H]3CS(=O)(=O)C[C@H]3S2)c2ccc(F)cc2)c(C)c1. The summed E-state index contributed by atoms with van der Waals surface area (Å²) in [6.07, 6.45) is 0. The monoisotopic (exact) mass is 461 g/mol. The number of halogens is 1. The van der Waals surface area contributed by atoms with Crippen molar-refractivity contribution in [3.8, 4) is 0 Å². The maximum Gasteiger partial charge on any atom is 0.244 e. The van der Waals surface area contributed by atoms with E-state index in [2.05, 4.69) is 10.3 Å². The van der Waals surface area contributed by atoms with Crippen molar-refractivity contribution >= 4 is 44.0 Å². The summed E-state index contributed by atoms with van der Waals surface area (Å²) >= 11 is 1.37. The van der Waals surface area contributed by atoms with Gasteiger partial charge in [0.05, 0.1) is 17.5 Å². The second-order valence-electron chi connectivity index (χ2n) is 8.10. The number of nitrogens with one attached hydrogen (secondary N) is 1. The van der Waals surface area contributed by atoms with E-state index >= 15 is 0 Å². The number of anilines is 2. The molecule has 9 heteroatoms. The quantitative estimate of drug-likeness (QED) is 0.754. The van der Waals surface area contributed by atoms with Crippen LogP contribution < -0.4 is 10.2 Å². The molecule has 0 aromatic heterocycles. The van der Waals surface area contributed by atoms with Crippen LogP contribution in [-0.4, -0.2) is 48.8 Å². The number of nitrogens with zero attached hydrogens (tertiary/aromatic N) is 2. The van der Waals surface area contributed by atoms with Gasteiger partial charge in [0, 0.05) is 16.6 Å². The lowest BCUT2D eigenvalue weighted by Crippen LogP contribution is -2.37. The van der Waals surface area contributed by atoms with Crippen molar-refractivity contribution in [3.05, 3.63) is 58.9 Å². The van der Waals surface area contributed by atoms with Crippen molar-refractivity contribution in [3.63, 3.8) is 0 Å². The Labute approximate surface area is 185 Å². The fourth-order valence-corrected chi connectivity index (χ4v) is 7.84. The third kappa shape index (κ3) is 4.77. The Bertz CT molecular complexity index is 1140. The number of fused-ring (bicyclic) bond motifs is 1. The van der Waals surface area contributed by atoms with Gasteiger partial charge in [0.1, 0.15) is 12.4 Å². The minimum absolute atomic E-state index is 0.0174. The summed E-state index contributed by atoms with van der Waals surface area (Å²) in [5, 5.41) is 3.43. The summed E-state index contributed by atoms with van der Waals surface area (Å²) in [6.45, 7) is 5.89. The molecule has 0 bridgehead atoms. The number of hydrogen-bond donors (Lipinski definition) is 1. The van der Waals surface area contributed by atoms with Crippen LogP contribution in [0.3, 0.4) is 0 Å². The van der Waals surface area contributed by atoms with Gasteiger partial charge in [-0.15, -0.1) is 0 Å². The molecule has 6 nitrogen and oxygen atoms in total. The van der Waals surface area contributed by atoms with Gasteiger partial charge < -0.3 is 10.2 Å². The zero-order chi connectivity index (χ0) is 22.3. The molecule has 0 saturated carbocycles. The zero-order valence-corrected chi connectivity index (χ0v) is 19.2. The standard InChI is InChI=1S/C22H24FN3O3S2/c1-13-8-14(2)21(15(3)9-13)25-20(27)10-26(17-6-4-16(23)5-7-17)22-24-18-11-31(28,29)12-19(18)30-22/h4-9,18-19H,10-12H2,1-3H3,(H,25,27)/t18-,19+/m0/s1. The fourth-order valence-electron chi connectivity index (χ4n) is 4.06. The summed E-state index contributed by atoms with van der Waals surface area (Å²) < 4.78 is 37.3. The maximum atomic E-state index is 13.5. The van der Waals surface area contributed by atoms with Crippen molar-refractivity contribution < 1.29 is 17.6 Å². The average Bonchev–Trinajstić information content (AvgIpc) is 3.17. The highest BCUT2D eigenvalue weighted by Gasteiger charge is 2.44. The molecule has 0 unspecified atom stereocenters. The molecule has 164 valence electrons. The summed E-state index contributed by atoms with van der Waals surface area (Å²) in [7, 11) is -3.08. The van der Waals surface area contributed by atoms with Crippen LogP contribution >= 0.6 is 11.8 Å². The van der Waals surface area contributed by atoms with Crippen molar-refractivity contribution in [1.82, 2.24) is 0 Å². The van der Waals surface area contributed by atoms with Gasteiger partial charge in [-0.2, -0.15) is 0 Å². The fraction of sp³-hybridized carbons (Fsp3) is 0.364. The average molecular weight is 462 g/mol. The van der Waals surface area contributed by atoms with Crippen LogP contribution in [-0.2, 0) is 14.6 Å². The molecule has 0 radical (unpaired) electrons. The minimum atomic E-state index is -3.08. The molecule has 31 heavy (non-hydrogen) atoms. The molecular weight excluding hydrogens is 437 g/mol. The van der Waals surface area contributed by atoms with E-state index in [0.29, 0.717) is 10.9 Å². The molecule has 1 saturated heterocycles. The molecule has 2 aromatic rings. The number of aliphatic imine (C=N–C) groups is 1. The first kappa shape index (κ1) is 21.8. The van der Waals surface area contributed by atoms with E-state index in [1.807, 2.05) is 32.9 Å². The van der Waals surface area contributed by atoms with E-state index in [1.165, 1.54) is 23.9 Å². The Morgan fingerprint density at radius 2 is 1.81 bits per heavy atom. The number of rotatable bonds is 4. The smallest absolute Gasteiger partial charge is 0.244 e. The van der Waals surface area contributed by atoms with Crippen LogP contribution in [0.4, 0.5) is 15.8 Å². The van der Waals surface area contributed by atoms with Crippen LogP contribution in [0.25, 0.3) is 0 Å².